The quantitative estimate of drug-likeness (QED) is 0.789. The van der Waals surface area contributed by atoms with Crippen molar-refractivity contribution in [3.8, 4) is 0 Å². The lowest BCUT2D eigenvalue weighted by atomic mass is 10.2. The Hall–Kier alpha value is -0.560. The highest BCUT2D eigenvalue weighted by Crippen LogP contribution is 2.20. The number of carbonyl (C=O) groups is 2. The van der Waals surface area contributed by atoms with Crippen LogP contribution in [0.15, 0.2) is 0 Å². The molecule has 1 fully saturated rings. The van der Waals surface area contributed by atoms with Crippen molar-refractivity contribution < 1.29 is 14.7 Å². The minimum Gasteiger partial charge on any atom is -0.480 e. The maximum absolute atomic E-state index is 11.8. The van der Waals surface area contributed by atoms with Gasteiger partial charge in [-0.1, -0.05) is 6.92 Å². The summed E-state index contributed by atoms with van der Waals surface area (Å²) in [7, 11) is 0. The van der Waals surface area contributed by atoms with Gasteiger partial charge in [0.2, 0.25) is 0 Å². The van der Waals surface area contributed by atoms with Gasteiger partial charge in [0.1, 0.15) is 6.04 Å². The predicted octanol–water partition coefficient (Wildman–Crippen LogP) is 1.15. The average Bonchev–Trinajstić information content (AvgIpc) is 2.75. The summed E-state index contributed by atoms with van der Waals surface area (Å²) >= 11 is 3.21. The summed E-state index contributed by atoms with van der Waals surface area (Å²) in [4.78, 5) is 24.1. The fourth-order valence-corrected chi connectivity index (χ4v) is 3.39. The average molecular weight is 278 g/mol. The van der Waals surface area contributed by atoms with Crippen molar-refractivity contribution in [3.05, 3.63) is 0 Å². The second-order valence-electron chi connectivity index (χ2n) is 4.07. The van der Waals surface area contributed by atoms with E-state index in [2.05, 4.69) is 12.2 Å². The van der Waals surface area contributed by atoms with Gasteiger partial charge in [0.05, 0.1) is 5.88 Å². The number of nitrogens with zero attached hydrogens (tertiary/aromatic N) is 1. The molecule has 2 N–H and O–H groups in total. The van der Waals surface area contributed by atoms with Crippen LogP contribution in [0.4, 0.5) is 4.79 Å². The highest BCUT2D eigenvalue weighted by molar-refractivity contribution is 7.99. The first kappa shape index (κ1) is 14.5. The van der Waals surface area contributed by atoms with Crippen molar-refractivity contribution >= 4 is 35.5 Å². The highest BCUT2D eigenvalue weighted by Gasteiger charge is 2.34. The first-order valence-electron chi connectivity index (χ1n) is 5.40. The summed E-state index contributed by atoms with van der Waals surface area (Å²) in [5.41, 5.74) is 0. The molecule has 1 aliphatic heterocycles. The van der Waals surface area contributed by atoms with Gasteiger partial charge in [-0.2, -0.15) is 11.8 Å². The molecule has 2 atom stereocenters. The van der Waals surface area contributed by atoms with E-state index in [0.29, 0.717) is 24.1 Å². The molecule has 1 heterocycles. The van der Waals surface area contributed by atoms with Gasteiger partial charge in [-0.3, -0.25) is 0 Å². The predicted molar refractivity (Wildman–Crippen MR) is 71.5 cm³/mol. The van der Waals surface area contributed by atoms with Gasteiger partial charge in [0.15, 0.2) is 0 Å². The fraction of sp³-hybridized carbons (Fsp3) is 0.800. The number of thioether (sulfide) groups is 2. The Labute approximate surface area is 110 Å². The third kappa shape index (κ3) is 4.31. The fourth-order valence-electron chi connectivity index (χ4n) is 1.55. The van der Waals surface area contributed by atoms with Crippen LogP contribution in [-0.4, -0.2) is 58.2 Å². The maximum atomic E-state index is 11.8. The van der Waals surface area contributed by atoms with Gasteiger partial charge < -0.3 is 15.3 Å². The molecule has 0 aromatic carbocycles. The Kier molecular flexibility index (Phi) is 5.97. The summed E-state index contributed by atoms with van der Waals surface area (Å²) in [6.07, 6.45) is 2.02. The molecule has 0 bridgehead atoms. The van der Waals surface area contributed by atoms with Crippen molar-refractivity contribution in [3.63, 3.8) is 0 Å². The maximum Gasteiger partial charge on any atom is 0.327 e. The topological polar surface area (TPSA) is 69.6 Å². The third-order valence-corrected chi connectivity index (χ3v) is 4.40. The molecule has 17 heavy (non-hydrogen) atoms. The van der Waals surface area contributed by atoms with Crippen molar-refractivity contribution in [2.24, 2.45) is 5.92 Å². The zero-order valence-electron chi connectivity index (χ0n) is 10.0. The van der Waals surface area contributed by atoms with Crippen molar-refractivity contribution in [2.45, 2.75) is 13.0 Å². The monoisotopic (exact) mass is 278 g/mol. The van der Waals surface area contributed by atoms with Crippen LogP contribution in [0.1, 0.15) is 6.92 Å². The molecular formula is C10H18N2O3S2. The van der Waals surface area contributed by atoms with Crippen molar-refractivity contribution in [1.29, 1.82) is 0 Å². The standard InChI is InChI=1S/C10H18N2O3S2/c1-7(4-16-2)3-11-10(15)12-6-17-5-8(12)9(13)14/h7-8H,3-6H2,1-2H3,(H,11,15)(H,13,14). The number of hydrogen-bond donors (Lipinski definition) is 2. The molecule has 0 saturated carbocycles. The Balaban J connectivity index is 2.39. The summed E-state index contributed by atoms with van der Waals surface area (Å²) in [6, 6.07) is -0.953. The molecule has 0 aromatic heterocycles. The lowest BCUT2D eigenvalue weighted by Crippen LogP contribution is -2.47. The Morgan fingerprint density at radius 2 is 2.35 bits per heavy atom. The number of urea groups is 1. The van der Waals surface area contributed by atoms with Gasteiger partial charge in [0, 0.05) is 12.3 Å². The number of aliphatic carboxylic acids is 1. The molecular weight excluding hydrogens is 260 g/mol. The van der Waals surface area contributed by atoms with Gasteiger partial charge in [-0.05, 0) is 17.9 Å². The minimum atomic E-state index is -0.928. The molecule has 2 unspecified atom stereocenters. The molecule has 1 saturated heterocycles. The normalized spacial score (nSPS) is 21.3. The molecule has 1 aliphatic rings. The van der Waals surface area contributed by atoms with Crippen LogP contribution in [-0.2, 0) is 4.79 Å². The summed E-state index contributed by atoms with van der Waals surface area (Å²) in [5.74, 6) is 1.38. The van der Waals surface area contributed by atoms with E-state index in [1.807, 2.05) is 6.26 Å². The first-order chi connectivity index (χ1) is 8.06. The summed E-state index contributed by atoms with van der Waals surface area (Å²) < 4.78 is 0. The van der Waals surface area contributed by atoms with Crippen molar-refractivity contribution in [2.75, 3.05) is 30.2 Å². The number of carboxylic acids is 1. The van der Waals surface area contributed by atoms with Crippen LogP contribution < -0.4 is 5.32 Å². The van der Waals surface area contributed by atoms with E-state index in [1.54, 1.807) is 11.8 Å². The van der Waals surface area contributed by atoms with Gasteiger partial charge in [0.25, 0.3) is 0 Å². The summed E-state index contributed by atoms with van der Waals surface area (Å²) in [5, 5.41) is 11.7. The van der Waals surface area contributed by atoms with Gasteiger partial charge in [-0.25, -0.2) is 9.59 Å². The molecule has 98 valence electrons. The van der Waals surface area contributed by atoms with Crippen LogP contribution in [0.25, 0.3) is 0 Å². The number of hydrogen-bond acceptors (Lipinski definition) is 4. The Morgan fingerprint density at radius 1 is 1.65 bits per heavy atom. The molecule has 7 heteroatoms. The van der Waals surface area contributed by atoms with Crippen LogP contribution in [0.3, 0.4) is 0 Å². The highest BCUT2D eigenvalue weighted by atomic mass is 32.2. The molecule has 1 rings (SSSR count). The van der Waals surface area contributed by atoms with Gasteiger partial charge in [-0.15, -0.1) is 11.8 Å². The van der Waals surface area contributed by atoms with Crippen LogP contribution in [0.5, 0.6) is 0 Å². The number of carboxylic acid groups (broad SMARTS) is 1. The Morgan fingerprint density at radius 3 is 2.94 bits per heavy atom. The number of carbonyl (C=O) groups excluding carboxylic acids is 1. The Bertz CT molecular complexity index is 289. The largest absolute Gasteiger partial charge is 0.480 e. The molecule has 0 spiro atoms. The van der Waals surface area contributed by atoms with E-state index < -0.39 is 12.0 Å². The van der Waals surface area contributed by atoms with Gasteiger partial charge >= 0.3 is 12.0 Å². The van der Waals surface area contributed by atoms with E-state index in [0.717, 1.165) is 5.75 Å². The zero-order valence-corrected chi connectivity index (χ0v) is 11.6. The minimum absolute atomic E-state index is 0.268. The third-order valence-electron chi connectivity index (χ3n) is 2.48. The summed E-state index contributed by atoms with van der Waals surface area (Å²) in [6.45, 7) is 2.65. The SMILES string of the molecule is CSCC(C)CNC(=O)N1CSCC1C(=O)O. The van der Waals surface area contributed by atoms with E-state index >= 15 is 0 Å². The second kappa shape index (κ2) is 7.00. The second-order valence-corrected chi connectivity index (χ2v) is 5.98. The van der Waals surface area contributed by atoms with E-state index in [4.69, 9.17) is 5.11 Å². The van der Waals surface area contributed by atoms with E-state index in [-0.39, 0.29) is 6.03 Å². The molecule has 0 aromatic rings. The van der Waals surface area contributed by atoms with Crippen LogP contribution >= 0.6 is 23.5 Å². The van der Waals surface area contributed by atoms with E-state index in [1.165, 1.54) is 16.7 Å². The number of rotatable bonds is 5. The van der Waals surface area contributed by atoms with Crippen molar-refractivity contribution in [1.82, 2.24) is 10.2 Å². The molecule has 0 radical (unpaired) electrons. The van der Waals surface area contributed by atoms with E-state index in [9.17, 15) is 9.59 Å². The first-order valence-corrected chi connectivity index (χ1v) is 7.95. The number of amides is 2. The van der Waals surface area contributed by atoms with Crippen LogP contribution in [0.2, 0.25) is 0 Å². The van der Waals surface area contributed by atoms with Crippen LogP contribution in [0, 0.1) is 5.92 Å². The lowest BCUT2D eigenvalue weighted by Gasteiger charge is -2.22. The number of nitrogens with one attached hydrogen (secondary N) is 1. The zero-order chi connectivity index (χ0) is 12.8. The smallest absolute Gasteiger partial charge is 0.327 e. The molecule has 5 nitrogen and oxygen atoms in total. The molecule has 2 amide bonds. The molecule has 0 aliphatic carbocycles. The lowest BCUT2D eigenvalue weighted by molar-refractivity contribution is -0.140.